The van der Waals surface area contributed by atoms with Crippen molar-refractivity contribution < 1.29 is 17.9 Å². The first-order valence-corrected chi connectivity index (χ1v) is 4.08. The maximum Gasteiger partial charge on any atom is 0.387 e. The van der Waals surface area contributed by atoms with E-state index in [1.165, 1.54) is 6.07 Å². The molecule has 0 saturated carbocycles. The van der Waals surface area contributed by atoms with Crippen molar-refractivity contribution in [3.8, 4) is 5.75 Å². The van der Waals surface area contributed by atoms with Crippen LogP contribution in [0, 0.1) is 12.7 Å². The van der Waals surface area contributed by atoms with Gasteiger partial charge in [0.05, 0.1) is 0 Å². The highest BCUT2D eigenvalue weighted by molar-refractivity contribution is 5.37. The fourth-order valence-electron chi connectivity index (χ4n) is 1.11. The number of benzene rings is 1. The van der Waals surface area contributed by atoms with E-state index in [1.807, 2.05) is 0 Å². The lowest BCUT2D eigenvalue weighted by Crippen LogP contribution is -2.05. The highest BCUT2D eigenvalue weighted by atomic mass is 19.3. The van der Waals surface area contributed by atoms with Gasteiger partial charge < -0.3 is 4.74 Å². The molecular weight excluding hydrogens is 193 g/mol. The summed E-state index contributed by atoms with van der Waals surface area (Å²) in [6.07, 6.45) is 0. The van der Waals surface area contributed by atoms with Gasteiger partial charge in [-0.2, -0.15) is 8.78 Å². The Morgan fingerprint density at radius 1 is 1.36 bits per heavy atom. The van der Waals surface area contributed by atoms with E-state index in [9.17, 15) is 13.2 Å². The molecule has 0 aliphatic rings. The summed E-state index contributed by atoms with van der Waals surface area (Å²) in [6.45, 7) is 2.40. The van der Waals surface area contributed by atoms with Gasteiger partial charge >= 0.3 is 6.61 Å². The van der Waals surface area contributed by atoms with E-state index >= 15 is 0 Å². The third-order valence-corrected chi connectivity index (χ3v) is 1.72. The summed E-state index contributed by atoms with van der Waals surface area (Å²) in [6, 6.07) is 3.40. The summed E-state index contributed by atoms with van der Waals surface area (Å²) in [5.74, 6) is -0.819. The predicted molar refractivity (Wildman–Crippen MR) is 46.8 cm³/mol. The fourth-order valence-corrected chi connectivity index (χ4v) is 1.11. The summed E-state index contributed by atoms with van der Waals surface area (Å²) >= 11 is 0. The fraction of sp³-hybridized carbons (Fsp3) is 0.300. The molecule has 0 aromatic heterocycles. The van der Waals surface area contributed by atoms with Crippen LogP contribution in [0.2, 0.25) is 0 Å². The molecule has 0 fully saturated rings. The molecule has 0 bridgehead atoms. The van der Waals surface area contributed by atoms with E-state index in [0.29, 0.717) is 5.56 Å². The number of alkyl halides is 2. The molecule has 14 heavy (non-hydrogen) atoms. The van der Waals surface area contributed by atoms with Crippen LogP contribution in [-0.4, -0.2) is 6.61 Å². The van der Waals surface area contributed by atoms with Gasteiger partial charge in [0.1, 0.15) is 11.6 Å². The molecular formula is C10H10F3O. The van der Waals surface area contributed by atoms with E-state index < -0.39 is 12.4 Å². The number of halogens is 3. The number of hydrogen-bond donors (Lipinski definition) is 0. The van der Waals surface area contributed by atoms with Crippen molar-refractivity contribution in [2.75, 3.05) is 0 Å². The Bertz CT molecular complexity index is 310. The van der Waals surface area contributed by atoms with Gasteiger partial charge in [-0.05, 0) is 31.0 Å². The molecule has 1 atom stereocenters. The standard InChI is InChI=1S/C10H10F3O/c1-6(2)8-5-7(11)3-4-9(8)14-10(12)13/h3-6,10H,1H2,2H3. The van der Waals surface area contributed by atoms with Gasteiger partial charge in [-0.15, -0.1) is 0 Å². The molecule has 0 N–H and O–H groups in total. The molecule has 0 aliphatic heterocycles. The molecule has 0 amide bonds. The molecule has 1 aromatic carbocycles. The molecule has 0 heterocycles. The van der Waals surface area contributed by atoms with Crippen molar-refractivity contribution in [3.05, 3.63) is 36.5 Å². The Morgan fingerprint density at radius 2 is 2.00 bits per heavy atom. The van der Waals surface area contributed by atoms with Crippen molar-refractivity contribution >= 4 is 0 Å². The zero-order chi connectivity index (χ0) is 10.7. The van der Waals surface area contributed by atoms with Crippen molar-refractivity contribution in [2.45, 2.75) is 19.5 Å². The van der Waals surface area contributed by atoms with Crippen LogP contribution in [-0.2, 0) is 0 Å². The van der Waals surface area contributed by atoms with E-state index in [1.54, 1.807) is 6.92 Å². The zero-order valence-corrected chi connectivity index (χ0v) is 7.64. The minimum atomic E-state index is -2.90. The third kappa shape index (κ3) is 2.65. The van der Waals surface area contributed by atoms with Crippen LogP contribution in [0.5, 0.6) is 5.75 Å². The van der Waals surface area contributed by atoms with Gasteiger partial charge in [-0.1, -0.05) is 6.92 Å². The molecule has 1 nitrogen and oxygen atoms in total. The Labute approximate surface area is 80.5 Å². The predicted octanol–water partition coefficient (Wildman–Crippen LogP) is 3.36. The normalized spacial score (nSPS) is 11.1. The lowest BCUT2D eigenvalue weighted by molar-refractivity contribution is -0.0505. The van der Waals surface area contributed by atoms with Crippen molar-refractivity contribution in [1.82, 2.24) is 0 Å². The van der Waals surface area contributed by atoms with E-state index in [-0.39, 0.29) is 11.7 Å². The monoisotopic (exact) mass is 203 g/mol. The second kappa shape index (κ2) is 4.35. The molecule has 1 aromatic rings. The lowest BCUT2D eigenvalue weighted by Gasteiger charge is -2.12. The van der Waals surface area contributed by atoms with Gasteiger partial charge in [0.15, 0.2) is 0 Å². The third-order valence-electron chi connectivity index (χ3n) is 1.72. The maximum atomic E-state index is 12.8. The lowest BCUT2D eigenvalue weighted by atomic mass is 10.0. The average Bonchev–Trinajstić information content (AvgIpc) is 2.07. The number of ether oxygens (including phenoxy) is 1. The van der Waals surface area contributed by atoms with Gasteiger partial charge in [0.2, 0.25) is 0 Å². The number of hydrogen-bond acceptors (Lipinski definition) is 1. The second-order valence-electron chi connectivity index (χ2n) is 2.96. The van der Waals surface area contributed by atoms with Crippen LogP contribution in [0.25, 0.3) is 0 Å². The highest BCUT2D eigenvalue weighted by Gasteiger charge is 2.12. The van der Waals surface area contributed by atoms with Crippen molar-refractivity contribution in [1.29, 1.82) is 0 Å². The summed E-state index contributed by atoms with van der Waals surface area (Å²) in [4.78, 5) is 0. The second-order valence-corrected chi connectivity index (χ2v) is 2.96. The highest BCUT2D eigenvalue weighted by Crippen LogP contribution is 2.28. The van der Waals surface area contributed by atoms with Gasteiger partial charge in [0.25, 0.3) is 0 Å². The Balaban J connectivity index is 3.02. The summed E-state index contributed by atoms with van der Waals surface area (Å²) < 4.78 is 40.9. The minimum absolute atomic E-state index is 0.0242. The largest absolute Gasteiger partial charge is 0.435 e. The smallest absolute Gasteiger partial charge is 0.387 e. The molecule has 1 unspecified atom stereocenters. The van der Waals surface area contributed by atoms with Crippen LogP contribution in [0.1, 0.15) is 18.4 Å². The van der Waals surface area contributed by atoms with Crippen molar-refractivity contribution in [2.24, 2.45) is 0 Å². The minimum Gasteiger partial charge on any atom is -0.435 e. The molecule has 0 spiro atoms. The van der Waals surface area contributed by atoms with Crippen LogP contribution >= 0.6 is 0 Å². The number of rotatable bonds is 3. The van der Waals surface area contributed by atoms with Gasteiger partial charge in [0, 0.05) is 5.56 Å². The first kappa shape index (κ1) is 10.9. The maximum absolute atomic E-state index is 12.8. The van der Waals surface area contributed by atoms with Crippen LogP contribution in [0.3, 0.4) is 0 Å². The van der Waals surface area contributed by atoms with Gasteiger partial charge in [-0.25, -0.2) is 4.39 Å². The van der Waals surface area contributed by atoms with Crippen LogP contribution in [0.15, 0.2) is 18.2 Å². The van der Waals surface area contributed by atoms with E-state index in [2.05, 4.69) is 11.7 Å². The van der Waals surface area contributed by atoms with Crippen molar-refractivity contribution in [3.63, 3.8) is 0 Å². The summed E-state index contributed by atoms with van der Waals surface area (Å²) in [5, 5.41) is 0. The molecule has 1 rings (SSSR count). The zero-order valence-electron chi connectivity index (χ0n) is 7.64. The SMILES string of the molecule is [CH2]C(C)c1cc(F)ccc1OC(F)F. The Morgan fingerprint density at radius 3 is 2.50 bits per heavy atom. The topological polar surface area (TPSA) is 9.23 Å². The quantitative estimate of drug-likeness (QED) is 0.731. The summed E-state index contributed by atoms with van der Waals surface area (Å²) in [7, 11) is 0. The first-order chi connectivity index (χ1) is 6.50. The molecule has 0 saturated heterocycles. The first-order valence-electron chi connectivity index (χ1n) is 4.08. The Hall–Kier alpha value is -1.19. The Kier molecular flexibility index (Phi) is 3.38. The van der Waals surface area contributed by atoms with Crippen LogP contribution < -0.4 is 4.74 Å². The molecule has 77 valence electrons. The molecule has 1 radical (unpaired) electrons. The van der Waals surface area contributed by atoms with Crippen LogP contribution in [0.4, 0.5) is 13.2 Å². The van der Waals surface area contributed by atoms with Gasteiger partial charge in [-0.3, -0.25) is 0 Å². The molecule has 0 aliphatic carbocycles. The van der Waals surface area contributed by atoms with E-state index in [0.717, 1.165) is 12.1 Å². The average molecular weight is 203 g/mol. The van der Waals surface area contributed by atoms with E-state index in [4.69, 9.17) is 0 Å². The summed E-state index contributed by atoms with van der Waals surface area (Å²) in [5.41, 5.74) is 0.338. The molecule has 4 heteroatoms.